The van der Waals surface area contributed by atoms with Gasteiger partial charge in [-0.2, -0.15) is 0 Å². The molecule has 0 aromatic heterocycles. The van der Waals surface area contributed by atoms with Gasteiger partial charge in [0, 0.05) is 0 Å². The molecule has 10 heavy (non-hydrogen) atoms. The molecule has 0 amide bonds. The second-order valence-corrected chi connectivity index (χ2v) is 2.96. The molecular formula is C8H19NO. The Bertz CT molecular complexity index is 73.7. The molecule has 0 bridgehead atoms. The molecule has 0 heterocycles. The lowest BCUT2D eigenvalue weighted by atomic mass is 10.0. The summed E-state index contributed by atoms with van der Waals surface area (Å²) in [6.45, 7) is 4.99. The van der Waals surface area contributed by atoms with Gasteiger partial charge in [-0.15, -0.1) is 0 Å². The summed E-state index contributed by atoms with van der Waals surface area (Å²) in [5, 5.41) is 12.2. The molecule has 0 aromatic carbocycles. The smallest absolute Gasteiger partial charge is 0.0537 e. The lowest BCUT2D eigenvalue weighted by Crippen LogP contribution is -2.15. The first-order chi connectivity index (χ1) is 4.68. The van der Waals surface area contributed by atoms with Crippen molar-refractivity contribution in [2.24, 2.45) is 5.92 Å². The van der Waals surface area contributed by atoms with Crippen LogP contribution in [-0.4, -0.2) is 24.8 Å². The van der Waals surface area contributed by atoms with Crippen molar-refractivity contribution in [3.63, 3.8) is 0 Å². The maximum Gasteiger partial charge on any atom is 0.0537 e. The third-order valence-electron chi connectivity index (χ3n) is 1.91. The van der Waals surface area contributed by atoms with Gasteiger partial charge in [0.05, 0.1) is 6.10 Å². The normalized spacial score (nSPS) is 16.8. The van der Waals surface area contributed by atoms with Crippen molar-refractivity contribution in [2.75, 3.05) is 13.6 Å². The molecule has 62 valence electrons. The first-order valence-electron chi connectivity index (χ1n) is 4.01. The second kappa shape index (κ2) is 5.69. The van der Waals surface area contributed by atoms with Crippen LogP contribution < -0.4 is 5.32 Å². The molecule has 0 aliphatic rings. The van der Waals surface area contributed by atoms with Crippen LogP contribution in [0.2, 0.25) is 0 Å². The molecule has 0 aliphatic carbocycles. The van der Waals surface area contributed by atoms with Crippen molar-refractivity contribution in [3.8, 4) is 0 Å². The lowest BCUT2D eigenvalue weighted by molar-refractivity contribution is 0.129. The molecule has 0 saturated heterocycles. The zero-order chi connectivity index (χ0) is 7.98. The molecule has 0 rings (SSSR count). The van der Waals surface area contributed by atoms with Crippen LogP contribution in [0.25, 0.3) is 0 Å². The van der Waals surface area contributed by atoms with Crippen molar-refractivity contribution in [3.05, 3.63) is 0 Å². The van der Waals surface area contributed by atoms with Gasteiger partial charge in [-0.3, -0.25) is 0 Å². The summed E-state index contributed by atoms with van der Waals surface area (Å²) >= 11 is 0. The topological polar surface area (TPSA) is 32.3 Å². The van der Waals surface area contributed by atoms with Gasteiger partial charge in [-0.25, -0.2) is 0 Å². The lowest BCUT2D eigenvalue weighted by Gasteiger charge is -2.13. The van der Waals surface area contributed by atoms with Crippen LogP contribution in [0.1, 0.15) is 26.7 Å². The number of hydrogen-bond acceptors (Lipinski definition) is 2. The minimum atomic E-state index is -0.156. The van der Waals surface area contributed by atoms with E-state index in [0.717, 1.165) is 19.4 Å². The average Bonchev–Trinajstić information content (AvgIpc) is 1.88. The Morgan fingerprint density at radius 1 is 1.40 bits per heavy atom. The molecule has 2 heteroatoms. The van der Waals surface area contributed by atoms with E-state index in [1.165, 1.54) is 0 Å². The van der Waals surface area contributed by atoms with E-state index in [4.69, 9.17) is 5.11 Å². The average molecular weight is 145 g/mol. The summed E-state index contributed by atoms with van der Waals surface area (Å²) in [4.78, 5) is 0. The van der Waals surface area contributed by atoms with Crippen molar-refractivity contribution < 1.29 is 5.11 Å². The van der Waals surface area contributed by atoms with E-state index in [0.29, 0.717) is 5.92 Å². The van der Waals surface area contributed by atoms with Crippen LogP contribution in [0.5, 0.6) is 0 Å². The highest BCUT2D eigenvalue weighted by atomic mass is 16.3. The van der Waals surface area contributed by atoms with Gasteiger partial charge >= 0.3 is 0 Å². The largest absolute Gasteiger partial charge is 0.393 e. The molecular weight excluding hydrogens is 126 g/mol. The maximum absolute atomic E-state index is 9.10. The first-order valence-corrected chi connectivity index (χ1v) is 4.01. The molecule has 0 saturated carbocycles. The van der Waals surface area contributed by atoms with Gasteiger partial charge in [-0.05, 0) is 39.3 Å². The Labute approximate surface area is 63.6 Å². The molecule has 2 N–H and O–H groups in total. The fourth-order valence-corrected chi connectivity index (χ4v) is 0.842. The van der Waals surface area contributed by atoms with Gasteiger partial charge in [0.25, 0.3) is 0 Å². The number of hydrogen-bond donors (Lipinski definition) is 2. The highest BCUT2D eigenvalue weighted by molar-refractivity contribution is 4.59. The third-order valence-corrected chi connectivity index (χ3v) is 1.91. The number of aliphatic hydroxyl groups is 1. The standard InChI is InChI=1S/C8H19NO/c1-7(8(2)10)5-4-6-9-3/h7-10H,4-6H2,1-3H3/t7?,8-/m0/s1. The van der Waals surface area contributed by atoms with Crippen LogP contribution >= 0.6 is 0 Å². The van der Waals surface area contributed by atoms with E-state index < -0.39 is 0 Å². The molecule has 0 aromatic rings. The minimum absolute atomic E-state index is 0.156. The fourth-order valence-electron chi connectivity index (χ4n) is 0.842. The van der Waals surface area contributed by atoms with Crippen LogP contribution in [0.15, 0.2) is 0 Å². The van der Waals surface area contributed by atoms with Crippen molar-refractivity contribution >= 4 is 0 Å². The Morgan fingerprint density at radius 2 is 2.00 bits per heavy atom. The van der Waals surface area contributed by atoms with Crippen molar-refractivity contribution in [2.45, 2.75) is 32.8 Å². The van der Waals surface area contributed by atoms with E-state index >= 15 is 0 Å². The minimum Gasteiger partial charge on any atom is -0.393 e. The van der Waals surface area contributed by atoms with Crippen LogP contribution in [0.3, 0.4) is 0 Å². The van der Waals surface area contributed by atoms with Crippen LogP contribution in [0, 0.1) is 5.92 Å². The number of aliphatic hydroxyl groups excluding tert-OH is 1. The van der Waals surface area contributed by atoms with Crippen LogP contribution in [0.4, 0.5) is 0 Å². The Hall–Kier alpha value is -0.0800. The Balaban J connectivity index is 3.13. The first kappa shape index (κ1) is 9.92. The van der Waals surface area contributed by atoms with Gasteiger partial charge in [-0.1, -0.05) is 6.92 Å². The SMILES string of the molecule is CNCCCC(C)[C@H](C)O. The van der Waals surface area contributed by atoms with Gasteiger partial charge < -0.3 is 10.4 Å². The summed E-state index contributed by atoms with van der Waals surface area (Å²) in [5.74, 6) is 0.438. The third kappa shape index (κ3) is 4.77. The van der Waals surface area contributed by atoms with Gasteiger partial charge in [0.15, 0.2) is 0 Å². The number of nitrogens with one attached hydrogen (secondary N) is 1. The zero-order valence-electron chi connectivity index (χ0n) is 7.22. The Morgan fingerprint density at radius 3 is 2.40 bits per heavy atom. The summed E-state index contributed by atoms with van der Waals surface area (Å²) < 4.78 is 0. The summed E-state index contributed by atoms with van der Waals surface area (Å²) in [6, 6.07) is 0. The molecule has 1 unspecified atom stereocenters. The van der Waals surface area contributed by atoms with E-state index in [1.54, 1.807) is 0 Å². The molecule has 2 nitrogen and oxygen atoms in total. The van der Waals surface area contributed by atoms with Crippen molar-refractivity contribution in [1.29, 1.82) is 0 Å². The molecule has 0 aliphatic heterocycles. The monoisotopic (exact) mass is 145 g/mol. The predicted molar refractivity (Wildman–Crippen MR) is 44.0 cm³/mol. The van der Waals surface area contributed by atoms with E-state index in [-0.39, 0.29) is 6.10 Å². The summed E-state index contributed by atoms with van der Waals surface area (Å²) in [5.41, 5.74) is 0. The number of rotatable bonds is 5. The van der Waals surface area contributed by atoms with Gasteiger partial charge in [0.1, 0.15) is 0 Å². The molecule has 0 spiro atoms. The summed E-state index contributed by atoms with van der Waals surface area (Å²) in [7, 11) is 1.95. The molecule has 2 atom stereocenters. The zero-order valence-corrected chi connectivity index (χ0v) is 7.22. The summed E-state index contributed by atoms with van der Waals surface area (Å²) in [6.07, 6.45) is 2.11. The van der Waals surface area contributed by atoms with E-state index in [2.05, 4.69) is 12.2 Å². The van der Waals surface area contributed by atoms with Crippen LogP contribution in [-0.2, 0) is 0 Å². The maximum atomic E-state index is 9.10. The molecule has 0 fully saturated rings. The van der Waals surface area contributed by atoms with Gasteiger partial charge in [0.2, 0.25) is 0 Å². The quantitative estimate of drug-likeness (QED) is 0.566. The predicted octanol–water partition coefficient (Wildman–Crippen LogP) is 1.00. The fraction of sp³-hybridized carbons (Fsp3) is 1.00. The Kier molecular flexibility index (Phi) is 5.64. The highest BCUT2D eigenvalue weighted by Gasteiger charge is 2.06. The van der Waals surface area contributed by atoms with E-state index in [1.807, 2.05) is 14.0 Å². The van der Waals surface area contributed by atoms with Crippen molar-refractivity contribution in [1.82, 2.24) is 5.32 Å². The highest BCUT2D eigenvalue weighted by Crippen LogP contribution is 2.08. The molecule has 0 radical (unpaired) electrons. The van der Waals surface area contributed by atoms with E-state index in [9.17, 15) is 0 Å². The second-order valence-electron chi connectivity index (χ2n) is 2.96.